The van der Waals surface area contributed by atoms with Crippen LogP contribution in [-0.2, 0) is 20.7 Å². The van der Waals surface area contributed by atoms with Gasteiger partial charge < -0.3 is 14.5 Å². The van der Waals surface area contributed by atoms with E-state index in [0.29, 0.717) is 24.6 Å². The van der Waals surface area contributed by atoms with Gasteiger partial charge >= 0.3 is 0 Å². The second-order valence-electron chi connectivity index (χ2n) is 7.51. The molecule has 5 nitrogen and oxygen atoms in total. The van der Waals surface area contributed by atoms with Crippen LogP contribution < -0.4 is 0 Å². The number of methoxy groups -OCH3 is 1. The van der Waals surface area contributed by atoms with Gasteiger partial charge in [0.15, 0.2) is 6.10 Å². The zero-order chi connectivity index (χ0) is 18.8. The van der Waals surface area contributed by atoms with Crippen LogP contribution in [0.5, 0.6) is 0 Å². The summed E-state index contributed by atoms with van der Waals surface area (Å²) in [6.45, 7) is 5.39. The highest BCUT2D eigenvalue weighted by molar-refractivity contribution is 5.88. The molecule has 0 radical (unpaired) electrons. The van der Waals surface area contributed by atoms with E-state index in [1.54, 1.807) is 19.2 Å². The Hall–Kier alpha value is -1.95. The van der Waals surface area contributed by atoms with E-state index in [9.17, 15) is 14.0 Å². The summed E-state index contributed by atoms with van der Waals surface area (Å²) in [5.74, 6) is 0.126. The van der Waals surface area contributed by atoms with Crippen molar-refractivity contribution < 1.29 is 18.7 Å². The maximum Gasteiger partial charge on any atom is 0.254 e. The first-order valence-electron chi connectivity index (χ1n) is 9.29. The molecule has 1 aromatic carbocycles. The van der Waals surface area contributed by atoms with Crippen LogP contribution in [0.3, 0.4) is 0 Å². The van der Waals surface area contributed by atoms with Crippen LogP contribution in [-0.4, -0.2) is 60.0 Å². The van der Waals surface area contributed by atoms with Crippen molar-refractivity contribution in [2.45, 2.75) is 51.3 Å². The molecule has 0 saturated carbocycles. The van der Waals surface area contributed by atoms with Crippen molar-refractivity contribution in [3.05, 3.63) is 35.6 Å². The molecule has 0 N–H and O–H groups in total. The number of carbonyl (C=O) groups excluding carboxylic acids is 2. The molecule has 6 heteroatoms. The number of piperidine rings is 1. The lowest BCUT2D eigenvalue weighted by Gasteiger charge is -2.53. The summed E-state index contributed by atoms with van der Waals surface area (Å²) in [4.78, 5) is 28.5. The van der Waals surface area contributed by atoms with Crippen LogP contribution in [0.1, 0.15) is 32.3 Å². The van der Waals surface area contributed by atoms with E-state index in [1.807, 2.05) is 23.6 Å². The Labute approximate surface area is 154 Å². The maximum absolute atomic E-state index is 13.3. The van der Waals surface area contributed by atoms with E-state index >= 15 is 0 Å². The van der Waals surface area contributed by atoms with Gasteiger partial charge in [0.1, 0.15) is 5.82 Å². The highest BCUT2D eigenvalue weighted by Crippen LogP contribution is 2.36. The summed E-state index contributed by atoms with van der Waals surface area (Å²) in [5, 5.41) is 0. The number of benzene rings is 1. The highest BCUT2D eigenvalue weighted by atomic mass is 19.1. The summed E-state index contributed by atoms with van der Waals surface area (Å²) < 4.78 is 18.7. The second kappa shape index (κ2) is 7.74. The minimum atomic E-state index is -0.350. The molecule has 2 fully saturated rings. The van der Waals surface area contributed by atoms with E-state index in [2.05, 4.69) is 0 Å². The molecule has 0 spiro atoms. The molecule has 2 aliphatic rings. The van der Waals surface area contributed by atoms with Crippen LogP contribution in [0.2, 0.25) is 0 Å². The molecule has 3 rings (SSSR count). The number of rotatable bonds is 5. The van der Waals surface area contributed by atoms with E-state index in [0.717, 1.165) is 12.8 Å². The second-order valence-corrected chi connectivity index (χ2v) is 7.51. The van der Waals surface area contributed by atoms with Crippen molar-refractivity contribution in [1.82, 2.24) is 9.80 Å². The van der Waals surface area contributed by atoms with Gasteiger partial charge in [0.05, 0.1) is 12.5 Å². The highest BCUT2D eigenvalue weighted by Gasteiger charge is 2.52. The Kier molecular flexibility index (Phi) is 5.61. The van der Waals surface area contributed by atoms with Crippen LogP contribution in [0.15, 0.2) is 24.3 Å². The molecule has 2 saturated heterocycles. The summed E-state index contributed by atoms with van der Waals surface area (Å²) >= 11 is 0. The Morgan fingerprint density at radius 3 is 2.58 bits per heavy atom. The number of hydrogen-bond donors (Lipinski definition) is 0. The monoisotopic (exact) mass is 362 g/mol. The average Bonchev–Trinajstić information content (AvgIpc) is 2.59. The van der Waals surface area contributed by atoms with Crippen molar-refractivity contribution in [2.24, 2.45) is 5.92 Å². The van der Waals surface area contributed by atoms with Gasteiger partial charge in [0.2, 0.25) is 5.91 Å². The van der Waals surface area contributed by atoms with Crippen LogP contribution in [0, 0.1) is 11.7 Å². The number of hydrogen-bond acceptors (Lipinski definition) is 3. The predicted octanol–water partition coefficient (Wildman–Crippen LogP) is 2.24. The fourth-order valence-electron chi connectivity index (χ4n) is 4.24. The van der Waals surface area contributed by atoms with Gasteiger partial charge in [-0.1, -0.05) is 12.1 Å². The largest absolute Gasteiger partial charge is 0.369 e. The van der Waals surface area contributed by atoms with E-state index in [4.69, 9.17) is 4.74 Å². The number of amides is 2. The van der Waals surface area contributed by atoms with Gasteiger partial charge in [-0.05, 0) is 50.3 Å². The standard InChI is InChI=1S/C20H27FN2O3/c1-13(2)23-18(19(26-3)20(23)25)15-7-9-22(10-8-15)17(24)12-14-5-4-6-16(21)11-14/h4-6,11,13,15,18-19H,7-10,12H2,1-3H3/t18-,19+/m0/s1. The Morgan fingerprint density at radius 2 is 2.00 bits per heavy atom. The third kappa shape index (κ3) is 3.61. The molecule has 2 aliphatic heterocycles. The lowest BCUT2D eigenvalue weighted by Crippen LogP contribution is -2.70. The van der Waals surface area contributed by atoms with Crippen LogP contribution in [0.4, 0.5) is 4.39 Å². The minimum absolute atomic E-state index is 0.0303. The molecule has 2 atom stereocenters. The maximum atomic E-state index is 13.3. The van der Waals surface area contributed by atoms with E-state index in [1.165, 1.54) is 12.1 Å². The number of ether oxygens (including phenoxy) is 1. The molecule has 1 aromatic rings. The number of β-lactam (4-membered cyclic amide) rings is 1. The Balaban J connectivity index is 1.57. The summed E-state index contributed by atoms with van der Waals surface area (Å²) in [6.07, 6.45) is 1.59. The number of halogens is 1. The zero-order valence-electron chi connectivity index (χ0n) is 15.7. The van der Waals surface area contributed by atoms with E-state index in [-0.39, 0.29) is 42.2 Å². The predicted molar refractivity (Wildman–Crippen MR) is 96.0 cm³/mol. The SMILES string of the molecule is CO[C@H]1C(=O)N(C(C)C)[C@H]1C1CCN(C(=O)Cc2cccc(F)c2)CC1. The normalized spacial score (nSPS) is 24.1. The summed E-state index contributed by atoms with van der Waals surface area (Å²) in [7, 11) is 1.59. The molecule has 2 amide bonds. The molecule has 0 bridgehead atoms. The van der Waals surface area contributed by atoms with Crippen molar-refractivity contribution in [3.63, 3.8) is 0 Å². The first-order chi connectivity index (χ1) is 12.4. The number of nitrogens with zero attached hydrogens (tertiary/aromatic N) is 2. The summed E-state index contributed by atoms with van der Waals surface area (Å²) in [6, 6.07) is 6.46. The number of likely N-dealkylation sites (tertiary alicyclic amines) is 2. The molecule has 0 aromatic heterocycles. The minimum Gasteiger partial charge on any atom is -0.369 e. The van der Waals surface area contributed by atoms with Gasteiger partial charge in [0.25, 0.3) is 5.91 Å². The molecule has 0 unspecified atom stereocenters. The first-order valence-corrected chi connectivity index (χ1v) is 9.29. The topological polar surface area (TPSA) is 49.9 Å². The fourth-order valence-corrected chi connectivity index (χ4v) is 4.24. The molecule has 0 aliphatic carbocycles. The van der Waals surface area contributed by atoms with Gasteiger partial charge in [-0.2, -0.15) is 0 Å². The first kappa shape index (κ1) is 18.8. The van der Waals surface area contributed by atoms with Crippen molar-refractivity contribution in [1.29, 1.82) is 0 Å². The van der Waals surface area contributed by atoms with Gasteiger partial charge in [-0.3, -0.25) is 9.59 Å². The third-order valence-corrected chi connectivity index (χ3v) is 5.56. The summed E-state index contributed by atoms with van der Waals surface area (Å²) in [5.41, 5.74) is 0.701. The Morgan fingerprint density at radius 1 is 1.31 bits per heavy atom. The smallest absolute Gasteiger partial charge is 0.254 e. The number of carbonyl (C=O) groups is 2. The van der Waals surface area contributed by atoms with Gasteiger partial charge in [-0.25, -0.2) is 4.39 Å². The van der Waals surface area contributed by atoms with Crippen molar-refractivity contribution in [2.75, 3.05) is 20.2 Å². The fraction of sp³-hybridized carbons (Fsp3) is 0.600. The average molecular weight is 362 g/mol. The molecule has 2 heterocycles. The lowest BCUT2D eigenvalue weighted by molar-refractivity contribution is -0.182. The van der Waals surface area contributed by atoms with Crippen LogP contribution in [0.25, 0.3) is 0 Å². The van der Waals surface area contributed by atoms with Crippen molar-refractivity contribution >= 4 is 11.8 Å². The molecule has 142 valence electrons. The quantitative estimate of drug-likeness (QED) is 0.755. The molecular formula is C20H27FN2O3. The molecular weight excluding hydrogens is 335 g/mol. The Bertz CT molecular complexity index is 671. The van der Waals surface area contributed by atoms with Crippen molar-refractivity contribution in [3.8, 4) is 0 Å². The van der Waals surface area contributed by atoms with Crippen LogP contribution >= 0.6 is 0 Å². The van der Waals surface area contributed by atoms with Gasteiger partial charge in [-0.15, -0.1) is 0 Å². The van der Waals surface area contributed by atoms with E-state index < -0.39 is 0 Å². The van der Waals surface area contributed by atoms with Gasteiger partial charge in [0, 0.05) is 26.2 Å². The molecule has 26 heavy (non-hydrogen) atoms. The zero-order valence-corrected chi connectivity index (χ0v) is 15.7. The lowest BCUT2D eigenvalue weighted by atomic mass is 9.79. The third-order valence-electron chi connectivity index (χ3n) is 5.56.